The first kappa shape index (κ1) is 19.4. The summed E-state index contributed by atoms with van der Waals surface area (Å²) in [5.74, 6) is 0.715. The number of carbonyl (C=O) groups excluding carboxylic acids is 1. The van der Waals surface area contributed by atoms with Crippen molar-refractivity contribution in [2.75, 3.05) is 19.0 Å². The minimum absolute atomic E-state index is 0.177. The summed E-state index contributed by atoms with van der Waals surface area (Å²) in [6, 6.07) is 19.6. The van der Waals surface area contributed by atoms with Crippen molar-refractivity contribution in [2.24, 2.45) is 0 Å². The molecular formula is C23H25N3O2. The fourth-order valence-electron chi connectivity index (χ4n) is 2.96. The number of ether oxygens (including phenoxy) is 1. The molecule has 0 unspecified atom stereocenters. The average molecular weight is 375 g/mol. The van der Waals surface area contributed by atoms with E-state index < -0.39 is 0 Å². The molecule has 2 N–H and O–H groups in total. The van der Waals surface area contributed by atoms with Crippen molar-refractivity contribution in [3.8, 4) is 5.75 Å². The normalized spacial score (nSPS) is 10.4. The number of carbonyl (C=O) groups is 1. The molecule has 1 aromatic heterocycles. The Balaban J connectivity index is 1.50. The Hall–Kier alpha value is -3.34. The zero-order valence-electron chi connectivity index (χ0n) is 16.2. The highest BCUT2D eigenvalue weighted by Gasteiger charge is 2.08. The van der Waals surface area contributed by atoms with Gasteiger partial charge in [0, 0.05) is 13.1 Å². The Labute approximate surface area is 165 Å². The summed E-state index contributed by atoms with van der Waals surface area (Å²) < 4.78 is 5.37. The molecule has 5 heteroatoms. The number of para-hydroxylation sites is 1. The average Bonchev–Trinajstić information content (AvgIpc) is 2.74. The number of aromatic nitrogens is 1. The van der Waals surface area contributed by atoms with E-state index in [0.717, 1.165) is 41.1 Å². The second kappa shape index (κ2) is 9.55. The van der Waals surface area contributed by atoms with Gasteiger partial charge in [0.25, 0.3) is 5.91 Å². The van der Waals surface area contributed by atoms with Crippen LogP contribution in [0.2, 0.25) is 0 Å². The highest BCUT2D eigenvalue weighted by Crippen LogP contribution is 2.18. The third-order valence-electron chi connectivity index (χ3n) is 4.61. The number of nitrogens with one attached hydrogen (secondary N) is 2. The van der Waals surface area contributed by atoms with Gasteiger partial charge in [-0.1, -0.05) is 42.5 Å². The lowest BCUT2D eigenvalue weighted by atomic mass is 10.1. The van der Waals surface area contributed by atoms with Gasteiger partial charge in [-0.25, -0.2) is 4.98 Å². The van der Waals surface area contributed by atoms with E-state index in [4.69, 9.17) is 4.74 Å². The molecule has 28 heavy (non-hydrogen) atoms. The predicted octanol–water partition coefficient (Wildman–Crippen LogP) is 3.98. The highest BCUT2D eigenvalue weighted by atomic mass is 16.5. The topological polar surface area (TPSA) is 63.2 Å². The first-order chi connectivity index (χ1) is 13.7. The molecule has 0 bridgehead atoms. The van der Waals surface area contributed by atoms with E-state index in [-0.39, 0.29) is 5.91 Å². The van der Waals surface area contributed by atoms with Gasteiger partial charge in [0.05, 0.1) is 19.0 Å². The second-order valence-corrected chi connectivity index (χ2v) is 6.53. The number of anilines is 1. The quantitative estimate of drug-likeness (QED) is 0.625. The summed E-state index contributed by atoms with van der Waals surface area (Å²) in [6.07, 6.45) is 2.52. The maximum absolute atomic E-state index is 12.3. The zero-order chi connectivity index (χ0) is 19.8. The monoisotopic (exact) mass is 375 g/mol. The van der Waals surface area contributed by atoms with Crippen LogP contribution in [-0.4, -0.2) is 24.5 Å². The summed E-state index contributed by atoms with van der Waals surface area (Å²) in [7, 11) is 1.68. The van der Waals surface area contributed by atoms with E-state index in [1.54, 1.807) is 19.4 Å². The lowest BCUT2D eigenvalue weighted by molar-refractivity contribution is 0.0946. The van der Waals surface area contributed by atoms with Crippen LogP contribution in [0.4, 0.5) is 5.69 Å². The van der Waals surface area contributed by atoms with Gasteiger partial charge in [0.15, 0.2) is 0 Å². The van der Waals surface area contributed by atoms with Gasteiger partial charge in [-0.2, -0.15) is 0 Å². The van der Waals surface area contributed by atoms with Gasteiger partial charge in [0.2, 0.25) is 0 Å². The molecule has 0 atom stereocenters. The number of amides is 1. The minimum Gasteiger partial charge on any atom is -0.496 e. The number of methoxy groups -OCH3 is 1. The first-order valence-electron chi connectivity index (χ1n) is 9.32. The summed E-state index contributed by atoms with van der Waals surface area (Å²) in [6.45, 7) is 3.28. The van der Waals surface area contributed by atoms with Crippen molar-refractivity contribution in [3.05, 3.63) is 89.2 Å². The second-order valence-electron chi connectivity index (χ2n) is 6.53. The Bertz CT molecular complexity index is 923. The Morgan fingerprint density at radius 1 is 1.00 bits per heavy atom. The fraction of sp³-hybridized carbons (Fsp3) is 0.217. The van der Waals surface area contributed by atoms with Gasteiger partial charge in [-0.3, -0.25) is 4.79 Å². The van der Waals surface area contributed by atoms with Crippen LogP contribution in [-0.2, 0) is 13.0 Å². The lowest BCUT2D eigenvalue weighted by Gasteiger charge is -2.10. The van der Waals surface area contributed by atoms with E-state index in [1.807, 2.05) is 55.5 Å². The molecule has 1 amide bonds. The van der Waals surface area contributed by atoms with E-state index >= 15 is 0 Å². The van der Waals surface area contributed by atoms with Crippen molar-refractivity contribution in [1.29, 1.82) is 0 Å². The van der Waals surface area contributed by atoms with Crippen molar-refractivity contribution in [2.45, 2.75) is 19.9 Å². The summed E-state index contributed by atoms with van der Waals surface area (Å²) in [5, 5.41) is 6.24. The number of pyridine rings is 1. The first-order valence-corrected chi connectivity index (χ1v) is 9.32. The third kappa shape index (κ3) is 5.10. The van der Waals surface area contributed by atoms with Gasteiger partial charge in [-0.05, 0) is 48.2 Å². The molecule has 0 saturated carbocycles. The number of aryl methyl sites for hydroxylation is 1. The molecule has 1 heterocycles. The standard InChI is InChI=1S/C23H25N3O2/c1-17-7-3-4-9-19(17)15-26-23(27)21-12-11-20(16-25-21)24-14-13-18-8-5-6-10-22(18)28-2/h3-12,16,24H,13-15H2,1-2H3,(H,26,27). The third-order valence-corrected chi connectivity index (χ3v) is 4.61. The van der Waals surface area contributed by atoms with Crippen LogP contribution < -0.4 is 15.4 Å². The van der Waals surface area contributed by atoms with Crippen LogP contribution in [0.3, 0.4) is 0 Å². The molecule has 0 saturated heterocycles. The number of hydrogen-bond donors (Lipinski definition) is 2. The SMILES string of the molecule is COc1ccccc1CCNc1ccc(C(=O)NCc2ccccc2C)nc1. The number of rotatable bonds is 8. The molecule has 0 spiro atoms. The maximum Gasteiger partial charge on any atom is 0.270 e. The zero-order valence-corrected chi connectivity index (χ0v) is 16.2. The fourth-order valence-corrected chi connectivity index (χ4v) is 2.96. The molecule has 2 aromatic carbocycles. The molecule has 0 radical (unpaired) electrons. The largest absolute Gasteiger partial charge is 0.496 e. The summed E-state index contributed by atoms with van der Waals surface area (Å²) in [5.41, 5.74) is 4.70. The number of benzene rings is 2. The molecule has 144 valence electrons. The number of nitrogens with zero attached hydrogens (tertiary/aromatic N) is 1. The van der Waals surface area contributed by atoms with Crippen molar-refractivity contribution in [1.82, 2.24) is 10.3 Å². The van der Waals surface area contributed by atoms with E-state index in [9.17, 15) is 4.79 Å². The van der Waals surface area contributed by atoms with Crippen LogP contribution >= 0.6 is 0 Å². The molecule has 0 aliphatic rings. The van der Waals surface area contributed by atoms with Crippen LogP contribution in [0.15, 0.2) is 66.9 Å². The maximum atomic E-state index is 12.3. The van der Waals surface area contributed by atoms with Crippen LogP contribution in [0.25, 0.3) is 0 Å². The molecular weight excluding hydrogens is 350 g/mol. The van der Waals surface area contributed by atoms with Crippen molar-refractivity contribution >= 4 is 11.6 Å². The summed E-state index contributed by atoms with van der Waals surface area (Å²) >= 11 is 0. The highest BCUT2D eigenvalue weighted by molar-refractivity contribution is 5.92. The Kier molecular flexibility index (Phi) is 6.63. The predicted molar refractivity (Wildman–Crippen MR) is 112 cm³/mol. The van der Waals surface area contributed by atoms with Crippen LogP contribution in [0, 0.1) is 6.92 Å². The van der Waals surface area contributed by atoms with E-state index in [0.29, 0.717) is 12.2 Å². The molecule has 5 nitrogen and oxygen atoms in total. The molecule has 0 fully saturated rings. The number of hydrogen-bond acceptors (Lipinski definition) is 4. The molecule has 0 aliphatic carbocycles. The molecule has 3 rings (SSSR count). The van der Waals surface area contributed by atoms with Gasteiger partial charge >= 0.3 is 0 Å². The van der Waals surface area contributed by atoms with E-state index in [2.05, 4.69) is 21.7 Å². The van der Waals surface area contributed by atoms with Crippen LogP contribution in [0.1, 0.15) is 27.2 Å². The summed E-state index contributed by atoms with van der Waals surface area (Å²) in [4.78, 5) is 16.6. The lowest BCUT2D eigenvalue weighted by Crippen LogP contribution is -2.24. The Morgan fingerprint density at radius 2 is 1.75 bits per heavy atom. The smallest absolute Gasteiger partial charge is 0.270 e. The van der Waals surface area contributed by atoms with E-state index in [1.165, 1.54) is 0 Å². The molecule has 0 aliphatic heterocycles. The van der Waals surface area contributed by atoms with Crippen LogP contribution in [0.5, 0.6) is 5.75 Å². The van der Waals surface area contributed by atoms with Gasteiger partial charge in [0.1, 0.15) is 11.4 Å². The van der Waals surface area contributed by atoms with Gasteiger partial charge in [-0.15, -0.1) is 0 Å². The van der Waals surface area contributed by atoms with Crippen molar-refractivity contribution < 1.29 is 9.53 Å². The van der Waals surface area contributed by atoms with Gasteiger partial charge < -0.3 is 15.4 Å². The Morgan fingerprint density at radius 3 is 2.46 bits per heavy atom. The van der Waals surface area contributed by atoms with Crippen molar-refractivity contribution in [3.63, 3.8) is 0 Å². The minimum atomic E-state index is -0.177. The molecule has 3 aromatic rings.